The van der Waals surface area contributed by atoms with Gasteiger partial charge in [0, 0.05) is 15.5 Å². The Morgan fingerprint density at radius 3 is 2.14 bits per heavy atom. The van der Waals surface area contributed by atoms with Gasteiger partial charge in [-0.05, 0) is 67.9 Å². The van der Waals surface area contributed by atoms with Gasteiger partial charge in [-0.3, -0.25) is 4.79 Å². The van der Waals surface area contributed by atoms with E-state index in [2.05, 4.69) is 10.5 Å². The molecule has 0 bridgehead atoms. The van der Waals surface area contributed by atoms with Gasteiger partial charge in [0.1, 0.15) is 14.6 Å². The molecular formula is C26H20ClF3N2O3S2. The number of carbonyl (C=O) groups is 1. The molecule has 192 valence electrons. The summed E-state index contributed by atoms with van der Waals surface area (Å²) in [6.07, 6.45) is -4.43. The third kappa shape index (κ3) is 6.57. The summed E-state index contributed by atoms with van der Waals surface area (Å²) in [5.41, 5.74) is 3.82. The number of hydrogen-bond acceptors (Lipinski definition) is 6. The molecule has 4 aromatic rings. The number of anilines is 1. The summed E-state index contributed by atoms with van der Waals surface area (Å²) in [5.74, 6) is -0.663. The average molecular weight is 565 g/mol. The fourth-order valence-electron chi connectivity index (χ4n) is 3.12. The summed E-state index contributed by atoms with van der Waals surface area (Å²) in [6.45, 7) is 3.28. The molecule has 5 nitrogen and oxygen atoms in total. The lowest BCUT2D eigenvalue weighted by Crippen LogP contribution is -2.26. The molecule has 1 aromatic heterocycles. The second kappa shape index (κ2) is 10.6. The van der Waals surface area contributed by atoms with Gasteiger partial charge in [-0.1, -0.05) is 35.9 Å². The monoisotopic (exact) mass is 564 g/mol. The van der Waals surface area contributed by atoms with Crippen molar-refractivity contribution in [2.24, 2.45) is 0 Å². The van der Waals surface area contributed by atoms with Gasteiger partial charge < -0.3 is 9.94 Å². The summed E-state index contributed by atoms with van der Waals surface area (Å²) in [5, 5.41) is 10.6. The van der Waals surface area contributed by atoms with Crippen molar-refractivity contribution in [2.45, 2.75) is 29.7 Å². The van der Waals surface area contributed by atoms with Crippen LogP contribution in [0.5, 0.6) is 5.88 Å². The van der Waals surface area contributed by atoms with Crippen LogP contribution < -0.4 is 10.3 Å². The van der Waals surface area contributed by atoms with E-state index in [9.17, 15) is 23.1 Å². The first-order valence-corrected chi connectivity index (χ1v) is 12.8. The Morgan fingerprint density at radius 1 is 0.973 bits per heavy atom. The van der Waals surface area contributed by atoms with E-state index in [4.69, 9.17) is 16.4 Å². The summed E-state index contributed by atoms with van der Waals surface area (Å²) in [4.78, 5) is 23.2. The van der Waals surface area contributed by atoms with Crippen molar-refractivity contribution in [3.05, 3.63) is 83.4 Å². The maximum atomic E-state index is 12.8. The van der Waals surface area contributed by atoms with Gasteiger partial charge in [0.2, 0.25) is 0 Å². The van der Waals surface area contributed by atoms with Crippen LogP contribution in [0.3, 0.4) is 0 Å². The van der Waals surface area contributed by atoms with Crippen LogP contribution in [0.25, 0.3) is 21.0 Å². The summed E-state index contributed by atoms with van der Waals surface area (Å²) in [6, 6.07) is 18.9. The molecule has 0 spiro atoms. The highest BCUT2D eigenvalue weighted by molar-refractivity contribution is 8.01. The van der Waals surface area contributed by atoms with Gasteiger partial charge in [-0.15, -0.1) is 23.1 Å². The van der Waals surface area contributed by atoms with Crippen molar-refractivity contribution in [3.8, 4) is 26.9 Å². The highest BCUT2D eigenvalue weighted by Crippen LogP contribution is 2.41. The number of nitrogens with zero attached hydrogens (tertiary/aromatic N) is 1. The first-order chi connectivity index (χ1) is 17.4. The van der Waals surface area contributed by atoms with Crippen molar-refractivity contribution in [2.75, 3.05) is 5.48 Å². The molecule has 3 aromatic carbocycles. The molecule has 0 fully saturated rings. The average Bonchev–Trinajstić information content (AvgIpc) is 3.27. The third-order valence-electron chi connectivity index (χ3n) is 5.17. The van der Waals surface area contributed by atoms with Crippen LogP contribution in [0.1, 0.15) is 19.4 Å². The van der Waals surface area contributed by atoms with E-state index < -0.39 is 22.5 Å². The number of carboxylic acid groups (broad SMARTS) is 1. The lowest BCUT2D eigenvalue weighted by molar-refractivity contribution is -0.139. The van der Waals surface area contributed by atoms with Gasteiger partial charge in [-0.2, -0.15) is 18.2 Å². The molecule has 0 unspecified atom stereocenters. The van der Waals surface area contributed by atoms with Crippen LogP contribution in [0, 0.1) is 0 Å². The molecule has 0 saturated heterocycles. The Hall–Kier alpha value is -3.21. The van der Waals surface area contributed by atoms with Gasteiger partial charge in [0.15, 0.2) is 0 Å². The van der Waals surface area contributed by atoms with Crippen molar-refractivity contribution in [1.82, 2.24) is 4.98 Å². The molecule has 37 heavy (non-hydrogen) atoms. The first-order valence-electron chi connectivity index (χ1n) is 10.8. The van der Waals surface area contributed by atoms with Gasteiger partial charge in [0.05, 0.1) is 11.3 Å². The standard InChI is InChI=1S/C26H20ClF3N2O3S2/c1-25(2,24(33)34)37-20-13-5-16(6-14-20)23-31-22(21(36-23)15-3-9-18(27)10-4-15)35-32-19-11-7-17(8-12-19)26(28,29)30/h3-14,32H,1-2H3,(H,33,34). The summed E-state index contributed by atoms with van der Waals surface area (Å²) < 4.78 is 37.6. The molecule has 0 saturated carbocycles. The maximum Gasteiger partial charge on any atom is 0.416 e. The number of benzene rings is 3. The van der Waals surface area contributed by atoms with Crippen LogP contribution >= 0.6 is 34.7 Å². The predicted octanol–water partition coefficient (Wildman–Crippen LogP) is 8.51. The second-order valence-electron chi connectivity index (χ2n) is 8.38. The molecule has 1 heterocycles. The lowest BCUT2D eigenvalue weighted by Gasteiger charge is -2.18. The molecule has 2 N–H and O–H groups in total. The molecule has 0 aliphatic rings. The van der Waals surface area contributed by atoms with Crippen LogP contribution in [-0.4, -0.2) is 20.8 Å². The quantitative estimate of drug-likeness (QED) is 0.165. The van der Waals surface area contributed by atoms with E-state index in [0.29, 0.717) is 20.6 Å². The normalized spacial score (nSPS) is 11.8. The van der Waals surface area contributed by atoms with Gasteiger partial charge in [0.25, 0.3) is 5.88 Å². The minimum Gasteiger partial charge on any atom is -0.480 e. The number of aromatic nitrogens is 1. The smallest absolute Gasteiger partial charge is 0.416 e. The van der Waals surface area contributed by atoms with E-state index in [0.717, 1.165) is 28.2 Å². The number of halogens is 4. The summed E-state index contributed by atoms with van der Waals surface area (Å²) in [7, 11) is 0. The Kier molecular flexibility index (Phi) is 7.72. The number of aliphatic carboxylic acids is 1. The Morgan fingerprint density at radius 2 is 1.57 bits per heavy atom. The molecule has 0 radical (unpaired) electrons. The van der Waals surface area contributed by atoms with E-state index >= 15 is 0 Å². The number of rotatable bonds is 8. The Bertz CT molecular complexity index is 1390. The Balaban J connectivity index is 1.60. The minimum atomic E-state index is -4.43. The zero-order valence-corrected chi connectivity index (χ0v) is 21.9. The fraction of sp³-hybridized carbons (Fsp3) is 0.154. The molecule has 4 rings (SSSR count). The predicted molar refractivity (Wildman–Crippen MR) is 141 cm³/mol. The molecule has 11 heteroatoms. The molecule has 0 aliphatic heterocycles. The number of carboxylic acids is 1. The van der Waals surface area contributed by atoms with Crippen molar-refractivity contribution >= 4 is 46.4 Å². The largest absolute Gasteiger partial charge is 0.480 e. The maximum absolute atomic E-state index is 12.8. The number of hydrogen-bond donors (Lipinski definition) is 2. The lowest BCUT2D eigenvalue weighted by atomic mass is 10.2. The number of thiazole rings is 1. The van der Waals surface area contributed by atoms with Gasteiger partial charge >= 0.3 is 12.1 Å². The van der Waals surface area contributed by atoms with Gasteiger partial charge in [-0.25, -0.2) is 5.48 Å². The first kappa shape index (κ1) is 26.8. The zero-order chi connectivity index (χ0) is 26.8. The topological polar surface area (TPSA) is 71.5 Å². The number of alkyl halides is 3. The molecule has 0 aliphatic carbocycles. The zero-order valence-electron chi connectivity index (χ0n) is 19.5. The SMILES string of the molecule is CC(C)(Sc1ccc(-c2nc(ONc3ccc(C(F)(F)F)cc3)c(-c3ccc(Cl)cc3)s2)cc1)C(=O)O. The third-order valence-corrected chi connectivity index (χ3v) is 7.75. The molecule has 0 atom stereocenters. The van der Waals surface area contributed by atoms with Crippen LogP contribution in [0.15, 0.2) is 77.7 Å². The van der Waals surface area contributed by atoms with E-state index in [-0.39, 0.29) is 5.88 Å². The fourth-order valence-corrected chi connectivity index (χ4v) is 5.20. The highest BCUT2D eigenvalue weighted by Gasteiger charge is 2.30. The van der Waals surface area contributed by atoms with Crippen molar-refractivity contribution in [3.63, 3.8) is 0 Å². The van der Waals surface area contributed by atoms with Crippen molar-refractivity contribution < 1.29 is 27.9 Å². The van der Waals surface area contributed by atoms with Crippen LogP contribution in [0.2, 0.25) is 5.02 Å². The minimum absolute atomic E-state index is 0.243. The number of nitrogens with one attached hydrogen (secondary N) is 1. The van der Waals surface area contributed by atoms with Crippen LogP contribution in [0.4, 0.5) is 18.9 Å². The van der Waals surface area contributed by atoms with Crippen LogP contribution in [-0.2, 0) is 11.0 Å². The van der Waals surface area contributed by atoms with E-state index in [1.807, 2.05) is 36.4 Å². The highest BCUT2D eigenvalue weighted by atomic mass is 35.5. The van der Waals surface area contributed by atoms with Crippen molar-refractivity contribution in [1.29, 1.82) is 0 Å². The Labute approximate surface area is 224 Å². The van der Waals surface area contributed by atoms with E-state index in [1.165, 1.54) is 35.2 Å². The summed E-state index contributed by atoms with van der Waals surface area (Å²) >= 11 is 8.64. The number of thioether (sulfide) groups is 1. The van der Waals surface area contributed by atoms with E-state index in [1.54, 1.807) is 26.0 Å². The molecule has 0 amide bonds. The molecular weight excluding hydrogens is 545 g/mol. The second-order valence-corrected chi connectivity index (χ2v) is 11.5.